The van der Waals surface area contributed by atoms with E-state index >= 15 is 0 Å². The molecule has 2 fully saturated rings. The average molecular weight is 438 g/mol. The highest BCUT2D eigenvalue weighted by molar-refractivity contribution is 9.10. The Kier molecular flexibility index (Phi) is 6.36. The first kappa shape index (κ1) is 20.5. The van der Waals surface area contributed by atoms with E-state index in [-0.39, 0.29) is 11.5 Å². The number of piperidine rings is 1. The predicted molar refractivity (Wildman–Crippen MR) is 113 cm³/mol. The average Bonchev–Trinajstić information content (AvgIpc) is 2.62. The number of rotatable bonds is 3. The van der Waals surface area contributed by atoms with Crippen LogP contribution in [0.2, 0.25) is 0 Å². The maximum atomic E-state index is 11.4. The number of hydrogen-bond donors (Lipinski definition) is 1. The van der Waals surface area contributed by atoms with Gasteiger partial charge < -0.3 is 14.9 Å². The monoisotopic (exact) mass is 437 g/mol. The summed E-state index contributed by atoms with van der Waals surface area (Å²) >= 11 is 3.50. The van der Waals surface area contributed by atoms with Crippen LogP contribution >= 0.6 is 15.9 Å². The molecular formula is C21H32BrN3O2. The van der Waals surface area contributed by atoms with Gasteiger partial charge in [0, 0.05) is 55.5 Å². The highest BCUT2D eigenvalue weighted by Gasteiger charge is 2.38. The largest absolute Gasteiger partial charge is 0.465 e. The van der Waals surface area contributed by atoms with E-state index in [4.69, 9.17) is 0 Å². The number of carbonyl (C=O) groups is 1. The van der Waals surface area contributed by atoms with E-state index < -0.39 is 6.09 Å². The lowest BCUT2D eigenvalue weighted by molar-refractivity contribution is 0.00906. The highest BCUT2D eigenvalue weighted by Crippen LogP contribution is 2.31. The molecule has 0 bridgehead atoms. The summed E-state index contributed by atoms with van der Waals surface area (Å²) in [6.45, 7) is 12.1. The Morgan fingerprint density at radius 1 is 1.11 bits per heavy atom. The van der Waals surface area contributed by atoms with E-state index in [1.165, 1.54) is 18.5 Å². The fraction of sp³-hybridized carbons (Fsp3) is 0.667. The van der Waals surface area contributed by atoms with Crippen LogP contribution in [0.15, 0.2) is 28.7 Å². The van der Waals surface area contributed by atoms with Crippen molar-refractivity contribution >= 4 is 27.7 Å². The molecule has 0 aliphatic carbocycles. The molecular weight excluding hydrogens is 406 g/mol. The lowest BCUT2D eigenvalue weighted by Gasteiger charge is -2.48. The standard InChI is InChI=1S/C21H32BrN3O2/c1-21(2,3)19-15-25(20(26)27)13-12-24(19)14-16-8-10-23(11-9-16)18-6-4-17(22)5-7-18/h4-7,16,19H,8-15H2,1-3H3,(H,26,27). The van der Waals surface area contributed by atoms with Crippen LogP contribution in [-0.2, 0) is 0 Å². The van der Waals surface area contributed by atoms with Crippen molar-refractivity contribution in [2.24, 2.45) is 11.3 Å². The molecule has 5 nitrogen and oxygen atoms in total. The summed E-state index contributed by atoms with van der Waals surface area (Å²) in [5, 5.41) is 9.38. The van der Waals surface area contributed by atoms with Crippen LogP contribution in [0.1, 0.15) is 33.6 Å². The Morgan fingerprint density at radius 3 is 2.30 bits per heavy atom. The van der Waals surface area contributed by atoms with E-state index in [2.05, 4.69) is 70.8 Å². The van der Waals surface area contributed by atoms with Crippen molar-refractivity contribution in [3.05, 3.63) is 28.7 Å². The lowest BCUT2D eigenvalue weighted by Crippen LogP contribution is -2.60. The minimum absolute atomic E-state index is 0.0756. The van der Waals surface area contributed by atoms with Gasteiger partial charge in [-0.2, -0.15) is 0 Å². The molecule has 1 aromatic carbocycles. The SMILES string of the molecule is CC(C)(C)C1CN(C(=O)O)CCN1CC1CCN(c2ccc(Br)cc2)CC1. The Labute approximate surface area is 171 Å². The molecule has 27 heavy (non-hydrogen) atoms. The van der Waals surface area contributed by atoms with Gasteiger partial charge in [-0.15, -0.1) is 0 Å². The quantitative estimate of drug-likeness (QED) is 0.761. The molecule has 6 heteroatoms. The molecule has 2 heterocycles. The van der Waals surface area contributed by atoms with Gasteiger partial charge in [-0.1, -0.05) is 36.7 Å². The molecule has 3 rings (SSSR count). The van der Waals surface area contributed by atoms with E-state index in [9.17, 15) is 9.90 Å². The van der Waals surface area contributed by atoms with Crippen LogP contribution in [0, 0.1) is 11.3 Å². The van der Waals surface area contributed by atoms with Gasteiger partial charge in [0.15, 0.2) is 0 Å². The number of benzene rings is 1. The minimum atomic E-state index is -0.785. The van der Waals surface area contributed by atoms with Crippen molar-refractivity contribution < 1.29 is 9.90 Å². The van der Waals surface area contributed by atoms with E-state index in [1.807, 2.05) is 0 Å². The zero-order valence-corrected chi connectivity index (χ0v) is 18.3. The molecule has 2 aliphatic heterocycles. The third kappa shape index (κ3) is 5.17. The second-order valence-corrected chi connectivity index (χ2v) is 9.93. The van der Waals surface area contributed by atoms with Crippen LogP contribution in [-0.4, -0.2) is 66.3 Å². The maximum Gasteiger partial charge on any atom is 0.407 e. The number of amides is 1. The van der Waals surface area contributed by atoms with Crippen molar-refractivity contribution in [3.63, 3.8) is 0 Å². The topological polar surface area (TPSA) is 47.0 Å². The molecule has 1 aromatic rings. The van der Waals surface area contributed by atoms with Crippen LogP contribution in [0.5, 0.6) is 0 Å². The summed E-state index contributed by atoms with van der Waals surface area (Å²) in [7, 11) is 0. The molecule has 2 aliphatic rings. The molecule has 0 spiro atoms. The third-order valence-electron chi connectivity index (χ3n) is 6.06. The van der Waals surface area contributed by atoms with Crippen LogP contribution in [0.25, 0.3) is 0 Å². The number of halogens is 1. The van der Waals surface area contributed by atoms with Crippen molar-refractivity contribution in [2.75, 3.05) is 44.2 Å². The number of nitrogens with zero attached hydrogens (tertiary/aromatic N) is 3. The smallest absolute Gasteiger partial charge is 0.407 e. The van der Waals surface area contributed by atoms with Gasteiger partial charge in [0.1, 0.15) is 0 Å². The minimum Gasteiger partial charge on any atom is -0.465 e. The van der Waals surface area contributed by atoms with E-state index in [0.717, 1.165) is 30.7 Å². The lowest BCUT2D eigenvalue weighted by atomic mass is 9.83. The van der Waals surface area contributed by atoms with Crippen molar-refractivity contribution in [1.82, 2.24) is 9.80 Å². The van der Waals surface area contributed by atoms with Crippen molar-refractivity contribution in [3.8, 4) is 0 Å². The normalized spacial score (nSPS) is 22.9. The number of hydrogen-bond acceptors (Lipinski definition) is 3. The fourth-order valence-corrected chi connectivity index (χ4v) is 4.66. The molecule has 1 amide bonds. The Morgan fingerprint density at radius 2 is 1.74 bits per heavy atom. The Balaban J connectivity index is 1.57. The molecule has 2 saturated heterocycles. The van der Waals surface area contributed by atoms with Gasteiger partial charge in [-0.3, -0.25) is 4.90 Å². The second-order valence-electron chi connectivity index (χ2n) is 9.01. The molecule has 0 aromatic heterocycles. The molecule has 0 radical (unpaired) electrons. The van der Waals surface area contributed by atoms with Gasteiger partial charge >= 0.3 is 6.09 Å². The Hall–Kier alpha value is -1.27. The van der Waals surface area contributed by atoms with E-state index in [0.29, 0.717) is 19.0 Å². The van der Waals surface area contributed by atoms with Gasteiger partial charge in [-0.05, 0) is 48.4 Å². The summed E-state index contributed by atoms with van der Waals surface area (Å²) in [6.07, 6.45) is 1.62. The summed E-state index contributed by atoms with van der Waals surface area (Å²) < 4.78 is 1.12. The van der Waals surface area contributed by atoms with Crippen LogP contribution in [0.4, 0.5) is 10.5 Å². The second kappa shape index (κ2) is 8.39. The molecule has 1 atom stereocenters. The van der Waals surface area contributed by atoms with Crippen molar-refractivity contribution in [2.45, 2.75) is 39.7 Å². The van der Waals surface area contributed by atoms with Crippen molar-refractivity contribution in [1.29, 1.82) is 0 Å². The predicted octanol–water partition coefficient (Wildman–Crippen LogP) is 4.38. The molecule has 1 unspecified atom stereocenters. The summed E-state index contributed by atoms with van der Waals surface area (Å²) in [4.78, 5) is 18.0. The Bertz CT molecular complexity index is 636. The van der Waals surface area contributed by atoms with Gasteiger partial charge in [0.2, 0.25) is 0 Å². The highest BCUT2D eigenvalue weighted by atomic mass is 79.9. The third-order valence-corrected chi connectivity index (χ3v) is 6.59. The number of carboxylic acid groups (broad SMARTS) is 1. The zero-order chi connectivity index (χ0) is 19.6. The number of anilines is 1. The molecule has 1 N–H and O–H groups in total. The van der Waals surface area contributed by atoms with E-state index in [1.54, 1.807) is 4.90 Å². The number of piperazine rings is 1. The molecule has 150 valence electrons. The van der Waals surface area contributed by atoms with Crippen LogP contribution < -0.4 is 4.90 Å². The molecule has 0 saturated carbocycles. The maximum absolute atomic E-state index is 11.4. The summed E-state index contributed by atoms with van der Waals surface area (Å²) in [5.74, 6) is 0.693. The van der Waals surface area contributed by atoms with Crippen LogP contribution in [0.3, 0.4) is 0 Å². The first-order chi connectivity index (χ1) is 12.7. The summed E-state index contributed by atoms with van der Waals surface area (Å²) in [6, 6.07) is 8.87. The summed E-state index contributed by atoms with van der Waals surface area (Å²) in [5.41, 5.74) is 1.38. The fourth-order valence-electron chi connectivity index (χ4n) is 4.39. The van der Waals surface area contributed by atoms with Gasteiger partial charge in [0.25, 0.3) is 0 Å². The first-order valence-corrected chi connectivity index (χ1v) is 10.8. The zero-order valence-electron chi connectivity index (χ0n) is 16.7. The first-order valence-electron chi connectivity index (χ1n) is 9.96. The van der Waals surface area contributed by atoms with Gasteiger partial charge in [0.05, 0.1) is 0 Å². The van der Waals surface area contributed by atoms with Gasteiger partial charge in [-0.25, -0.2) is 4.79 Å².